The molecule has 2 aromatic rings. The first kappa shape index (κ1) is 11.1. The molecule has 0 bridgehead atoms. The van der Waals surface area contributed by atoms with Gasteiger partial charge in [0.1, 0.15) is 11.9 Å². The quantitative estimate of drug-likeness (QED) is 0.859. The molecule has 2 rings (SSSR count). The number of imidazole rings is 1. The topological polar surface area (TPSA) is 38.0 Å². The van der Waals surface area contributed by atoms with Gasteiger partial charge in [-0.3, -0.25) is 0 Å². The molecule has 0 unspecified atom stereocenters. The summed E-state index contributed by atoms with van der Waals surface area (Å²) in [6, 6.07) is 8.38. The minimum atomic E-state index is -0.526. The van der Waals surface area contributed by atoms with Crippen LogP contribution in [0, 0.1) is 0 Å². The van der Waals surface area contributed by atoms with Crippen LogP contribution in [-0.2, 0) is 0 Å². The minimum Gasteiger partial charge on any atom is -0.385 e. The largest absolute Gasteiger partial charge is 0.385 e. The molecule has 0 aliphatic rings. The Balaban J connectivity index is 2.69. The Hall–Kier alpha value is -1.35. The van der Waals surface area contributed by atoms with E-state index < -0.39 is 6.10 Å². The summed E-state index contributed by atoms with van der Waals surface area (Å²) in [5.74, 6) is 0.760. The maximum Gasteiger partial charge on any atom is 0.138 e. The molecule has 0 fully saturated rings. The Morgan fingerprint density at radius 2 is 2.00 bits per heavy atom. The fraction of sp³-hybridized carbons (Fsp3) is 0.462. The van der Waals surface area contributed by atoms with Gasteiger partial charge in [0, 0.05) is 6.04 Å². The van der Waals surface area contributed by atoms with Crippen LogP contribution in [0.4, 0.5) is 0 Å². The maximum atomic E-state index is 9.77. The second-order valence-corrected chi connectivity index (χ2v) is 4.26. The summed E-state index contributed by atoms with van der Waals surface area (Å²) in [4.78, 5) is 4.49. The van der Waals surface area contributed by atoms with E-state index >= 15 is 0 Å². The fourth-order valence-corrected chi connectivity index (χ4v) is 2.00. The number of rotatable bonds is 3. The van der Waals surface area contributed by atoms with Gasteiger partial charge in [0.2, 0.25) is 0 Å². The van der Waals surface area contributed by atoms with Crippen LogP contribution in [0.15, 0.2) is 24.3 Å². The third-order valence-corrected chi connectivity index (χ3v) is 3.03. The standard InChI is InChI=1S/C13H18N2O/c1-4-9(2)15-12-8-6-5-7-11(12)14-13(15)10(3)16/h5-10,16H,4H2,1-3H3/t9-,10+/m0/s1. The average Bonchev–Trinajstić information content (AvgIpc) is 2.67. The van der Waals surface area contributed by atoms with Crippen molar-refractivity contribution < 1.29 is 5.11 Å². The van der Waals surface area contributed by atoms with Gasteiger partial charge in [-0.25, -0.2) is 4.98 Å². The van der Waals surface area contributed by atoms with E-state index in [0.29, 0.717) is 6.04 Å². The maximum absolute atomic E-state index is 9.77. The van der Waals surface area contributed by atoms with Crippen molar-refractivity contribution in [2.24, 2.45) is 0 Å². The van der Waals surface area contributed by atoms with Crippen LogP contribution in [0.2, 0.25) is 0 Å². The van der Waals surface area contributed by atoms with Crippen LogP contribution in [0.1, 0.15) is 45.2 Å². The predicted molar refractivity (Wildman–Crippen MR) is 65.4 cm³/mol. The van der Waals surface area contributed by atoms with Crippen LogP contribution in [0.25, 0.3) is 11.0 Å². The van der Waals surface area contributed by atoms with Crippen molar-refractivity contribution in [3.63, 3.8) is 0 Å². The van der Waals surface area contributed by atoms with Crippen LogP contribution < -0.4 is 0 Å². The normalized spacial score (nSPS) is 15.2. The smallest absolute Gasteiger partial charge is 0.138 e. The molecule has 16 heavy (non-hydrogen) atoms. The van der Waals surface area contributed by atoms with Gasteiger partial charge in [0.25, 0.3) is 0 Å². The number of aliphatic hydroxyl groups is 1. The first-order valence-electron chi connectivity index (χ1n) is 5.80. The van der Waals surface area contributed by atoms with Crippen LogP contribution >= 0.6 is 0 Å². The van der Waals surface area contributed by atoms with Gasteiger partial charge in [-0.1, -0.05) is 19.1 Å². The molecule has 1 N–H and O–H groups in total. The number of nitrogens with zero attached hydrogens (tertiary/aromatic N) is 2. The van der Waals surface area contributed by atoms with E-state index in [1.165, 1.54) is 0 Å². The molecule has 0 radical (unpaired) electrons. The first-order chi connectivity index (χ1) is 7.65. The van der Waals surface area contributed by atoms with Gasteiger partial charge in [0.05, 0.1) is 11.0 Å². The molecule has 0 amide bonds. The zero-order chi connectivity index (χ0) is 11.7. The number of hydrogen-bond acceptors (Lipinski definition) is 2. The van der Waals surface area contributed by atoms with E-state index in [1.54, 1.807) is 6.92 Å². The Kier molecular flexibility index (Phi) is 2.97. The van der Waals surface area contributed by atoms with E-state index in [0.717, 1.165) is 23.3 Å². The lowest BCUT2D eigenvalue weighted by molar-refractivity contribution is 0.182. The van der Waals surface area contributed by atoms with Gasteiger partial charge >= 0.3 is 0 Å². The molecule has 86 valence electrons. The Bertz CT molecular complexity index is 488. The van der Waals surface area contributed by atoms with E-state index in [4.69, 9.17) is 0 Å². The fourth-order valence-electron chi connectivity index (χ4n) is 2.00. The molecule has 2 atom stereocenters. The Morgan fingerprint density at radius 1 is 1.31 bits per heavy atom. The summed E-state index contributed by atoms with van der Waals surface area (Å²) in [7, 11) is 0. The van der Waals surface area contributed by atoms with Crippen molar-refractivity contribution in [1.82, 2.24) is 9.55 Å². The van der Waals surface area contributed by atoms with Gasteiger partial charge in [-0.05, 0) is 32.4 Å². The van der Waals surface area contributed by atoms with E-state index in [-0.39, 0.29) is 0 Å². The highest BCUT2D eigenvalue weighted by atomic mass is 16.3. The third kappa shape index (κ3) is 1.71. The van der Waals surface area contributed by atoms with Gasteiger partial charge in [-0.2, -0.15) is 0 Å². The molecule has 1 aromatic carbocycles. The van der Waals surface area contributed by atoms with Gasteiger partial charge in [0.15, 0.2) is 0 Å². The zero-order valence-corrected chi connectivity index (χ0v) is 10.0. The van der Waals surface area contributed by atoms with E-state index in [9.17, 15) is 5.11 Å². The summed E-state index contributed by atoms with van der Waals surface area (Å²) < 4.78 is 2.14. The molecular weight excluding hydrogens is 200 g/mol. The number of para-hydroxylation sites is 2. The molecule has 3 heteroatoms. The van der Waals surface area contributed by atoms with E-state index in [2.05, 4.69) is 29.5 Å². The molecule has 0 saturated heterocycles. The monoisotopic (exact) mass is 218 g/mol. The minimum absolute atomic E-state index is 0.358. The highest BCUT2D eigenvalue weighted by Gasteiger charge is 2.17. The molecule has 0 aliphatic carbocycles. The molecule has 0 aliphatic heterocycles. The Morgan fingerprint density at radius 3 is 2.62 bits per heavy atom. The molecule has 1 heterocycles. The molecule has 3 nitrogen and oxygen atoms in total. The van der Waals surface area contributed by atoms with Crippen molar-refractivity contribution in [2.75, 3.05) is 0 Å². The number of fused-ring (bicyclic) bond motifs is 1. The second-order valence-electron chi connectivity index (χ2n) is 4.26. The first-order valence-corrected chi connectivity index (χ1v) is 5.80. The summed E-state index contributed by atoms with van der Waals surface area (Å²) in [6.45, 7) is 6.06. The highest BCUT2D eigenvalue weighted by molar-refractivity contribution is 5.76. The van der Waals surface area contributed by atoms with Crippen molar-refractivity contribution in [3.05, 3.63) is 30.1 Å². The average molecular weight is 218 g/mol. The number of hydrogen-bond donors (Lipinski definition) is 1. The lowest BCUT2D eigenvalue weighted by atomic mass is 10.2. The molecule has 1 aromatic heterocycles. The third-order valence-electron chi connectivity index (χ3n) is 3.03. The van der Waals surface area contributed by atoms with Crippen molar-refractivity contribution in [2.45, 2.75) is 39.3 Å². The summed E-state index contributed by atoms with van der Waals surface area (Å²) in [6.07, 6.45) is 0.501. The number of aromatic nitrogens is 2. The summed E-state index contributed by atoms with van der Waals surface area (Å²) in [5, 5.41) is 9.77. The highest BCUT2D eigenvalue weighted by Crippen LogP contribution is 2.26. The second kappa shape index (κ2) is 4.26. The van der Waals surface area contributed by atoms with Crippen LogP contribution in [0.3, 0.4) is 0 Å². The van der Waals surface area contributed by atoms with Gasteiger partial charge < -0.3 is 9.67 Å². The number of benzene rings is 1. The molecular formula is C13H18N2O. The summed E-state index contributed by atoms with van der Waals surface area (Å²) in [5.41, 5.74) is 2.06. The predicted octanol–water partition coefficient (Wildman–Crippen LogP) is 3.06. The lowest BCUT2D eigenvalue weighted by Gasteiger charge is -2.16. The zero-order valence-electron chi connectivity index (χ0n) is 10.0. The number of aliphatic hydroxyl groups excluding tert-OH is 1. The SMILES string of the molecule is CC[C@H](C)n1c([C@@H](C)O)nc2ccccc21. The van der Waals surface area contributed by atoms with Gasteiger partial charge in [-0.15, -0.1) is 0 Å². The van der Waals surface area contributed by atoms with Crippen molar-refractivity contribution in [1.29, 1.82) is 0 Å². The van der Waals surface area contributed by atoms with Crippen LogP contribution in [-0.4, -0.2) is 14.7 Å². The van der Waals surface area contributed by atoms with Crippen molar-refractivity contribution in [3.8, 4) is 0 Å². The van der Waals surface area contributed by atoms with E-state index in [1.807, 2.05) is 18.2 Å². The lowest BCUT2D eigenvalue weighted by Crippen LogP contribution is -2.10. The van der Waals surface area contributed by atoms with Crippen molar-refractivity contribution >= 4 is 11.0 Å². The van der Waals surface area contributed by atoms with Crippen LogP contribution in [0.5, 0.6) is 0 Å². The molecule has 0 saturated carbocycles. The molecule has 0 spiro atoms. The summed E-state index contributed by atoms with van der Waals surface area (Å²) >= 11 is 0. The Labute approximate surface area is 95.7 Å².